The maximum Gasteiger partial charge on any atom is 0.315 e. The van der Waals surface area contributed by atoms with Gasteiger partial charge in [-0.1, -0.05) is 35.3 Å². The molecule has 3 atom stereocenters. The third-order valence-corrected chi connectivity index (χ3v) is 6.13. The molecule has 5 rings (SSSR count). The summed E-state index contributed by atoms with van der Waals surface area (Å²) in [6.07, 6.45) is 4.75. The molecule has 2 aromatic rings. The number of aromatic nitrogens is 2. The van der Waals surface area contributed by atoms with Crippen molar-refractivity contribution in [2.45, 2.75) is 49.8 Å². The number of ether oxygens (including phenoxy) is 1. The first-order valence-corrected chi connectivity index (χ1v) is 9.83. The summed E-state index contributed by atoms with van der Waals surface area (Å²) in [5.74, 6) is 1.27. The Bertz CT molecular complexity index is 761. The molecule has 1 saturated carbocycles. The third-order valence-electron chi connectivity index (χ3n) is 5.88. The maximum absolute atomic E-state index is 6.11. The molecule has 1 aromatic carbocycles. The summed E-state index contributed by atoms with van der Waals surface area (Å²) in [6.45, 7) is 2.63. The summed E-state index contributed by atoms with van der Waals surface area (Å²) in [5, 5.41) is 12.6. The zero-order valence-corrected chi connectivity index (χ0v) is 15.4. The van der Waals surface area contributed by atoms with Gasteiger partial charge in [0.05, 0.1) is 12.7 Å². The van der Waals surface area contributed by atoms with Crippen molar-refractivity contribution >= 4 is 17.6 Å². The van der Waals surface area contributed by atoms with Gasteiger partial charge < -0.3 is 14.5 Å². The Morgan fingerprint density at radius 3 is 2.73 bits per heavy atom. The van der Waals surface area contributed by atoms with Crippen molar-refractivity contribution in [3.8, 4) is 0 Å². The lowest BCUT2D eigenvalue weighted by Crippen LogP contribution is -2.42. The zero-order valence-electron chi connectivity index (χ0n) is 14.6. The molecule has 7 heteroatoms. The normalized spacial score (nSPS) is 29.3. The molecule has 3 heterocycles. The zero-order chi connectivity index (χ0) is 17.5. The molecule has 0 amide bonds. The summed E-state index contributed by atoms with van der Waals surface area (Å²) < 4.78 is 11.9. The Hall–Kier alpha value is -1.63. The average Bonchev–Trinajstić information content (AvgIpc) is 3.20. The minimum atomic E-state index is 0.107. The number of anilines is 1. The first-order chi connectivity index (χ1) is 12.7. The number of hydrogen-bond acceptors (Lipinski definition) is 6. The van der Waals surface area contributed by atoms with Gasteiger partial charge in [-0.15, -0.1) is 5.10 Å². The van der Waals surface area contributed by atoms with E-state index in [0.29, 0.717) is 24.0 Å². The predicted molar refractivity (Wildman–Crippen MR) is 98.4 cm³/mol. The molecule has 1 aromatic heterocycles. The molecule has 2 saturated heterocycles. The molecule has 2 aliphatic heterocycles. The monoisotopic (exact) mass is 374 g/mol. The van der Waals surface area contributed by atoms with Gasteiger partial charge in [0.1, 0.15) is 0 Å². The molecule has 3 fully saturated rings. The Labute approximate surface area is 157 Å². The number of fused-ring (bicyclic) bond motifs is 1. The van der Waals surface area contributed by atoms with Gasteiger partial charge in [0.2, 0.25) is 5.89 Å². The Morgan fingerprint density at radius 1 is 1.12 bits per heavy atom. The highest BCUT2D eigenvalue weighted by molar-refractivity contribution is 6.30. The molecule has 26 heavy (non-hydrogen) atoms. The van der Waals surface area contributed by atoms with E-state index in [1.807, 2.05) is 12.1 Å². The number of halogens is 1. The lowest BCUT2D eigenvalue weighted by molar-refractivity contribution is -0.0501. The predicted octanol–water partition coefficient (Wildman–Crippen LogP) is 3.62. The van der Waals surface area contributed by atoms with Gasteiger partial charge in [0.25, 0.3) is 0 Å². The Balaban J connectivity index is 1.20. The van der Waals surface area contributed by atoms with Crippen molar-refractivity contribution in [2.75, 3.05) is 25.0 Å². The molecule has 6 nitrogen and oxygen atoms in total. The van der Waals surface area contributed by atoms with Crippen LogP contribution in [0.5, 0.6) is 0 Å². The van der Waals surface area contributed by atoms with E-state index in [-0.39, 0.29) is 6.10 Å². The van der Waals surface area contributed by atoms with Crippen LogP contribution in [0.2, 0.25) is 5.02 Å². The van der Waals surface area contributed by atoms with E-state index in [2.05, 4.69) is 32.5 Å². The van der Waals surface area contributed by atoms with Crippen LogP contribution in [-0.4, -0.2) is 46.9 Å². The largest absolute Gasteiger partial charge is 0.408 e. The third kappa shape index (κ3) is 3.21. The standard InChI is InChI=1S/C19H23ClN4O2/c20-14-6-4-12(5-7-14)17-10-24-9-15(8-16(24)11-25-17)21-19-23-22-18(26-19)13-2-1-3-13/h4-7,13,15-17H,1-3,8-11H2,(H,21,23)/t15-,16-,17+/m0/s1. The molecule has 0 unspecified atom stereocenters. The number of rotatable bonds is 4. The smallest absolute Gasteiger partial charge is 0.315 e. The van der Waals surface area contributed by atoms with Gasteiger partial charge in [-0.05, 0) is 37.0 Å². The Kier molecular flexibility index (Phi) is 4.35. The summed E-state index contributed by atoms with van der Waals surface area (Å²) in [5.41, 5.74) is 1.19. The maximum atomic E-state index is 6.11. The minimum Gasteiger partial charge on any atom is -0.408 e. The van der Waals surface area contributed by atoms with Crippen LogP contribution in [0.25, 0.3) is 0 Å². The van der Waals surface area contributed by atoms with E-state index in [1.54, 1.807) is 0 Å². The fourth-order valence-electron chi connectivity index (χ4n) is 4.15. The second-order valence-electron chi connectivity index (χ2n) is 7.63. The number of nitrogens with one attached hydrogen (secondary N) is 1. The SMILES string of the molecule is Clc1ccc([C@H]2CN3C[C@@H](Nc4nnc(C5CCC5)o4)C[C@H]3CO2)cc1. The average molecular weight is 375 g/mol. The van der Waals surface area contributed by atoms with E-state index in [1.165, 1.54) is 24.8 Å². The van der Waals surface area contributed by atoms with Crippen LogP contribution in [0.3, 0.4) is 0 Å². The fraction of sp³-hybridized carbons (Fsp3) is 0.579. The van der Waals surface area contributed by atoms with E-state index in [0.717, 1.165) is 37.0 Å². The number of morpholine rings is 1. The van der Waals surface area contributed by atoms with Crippen LogP contribution >= 0.6 is 11.6 Å². The van der Waals surface area contributed by atoms with E-state index in [4.69, 9.17) is 20.8 Å². The molecule has 0 radical (unpaired) electrons. The first-order valence-electron chi connectivity index (χ1n) is 9.45. The molecule has 1 aliphatic carbocycles. The quantitative estimate of drug-likeness (QED) is 0.881. The highest BCUT2D eigenvalue weighted by atomic mass is 35.5. The van der Waals surface area contributed by atoms with Gasteiger partial charge >= 0.3 is 6.01 Å². The van der Waals surface area contributed by atoms with Crippen molar-refractivity contribution in [1.29, 1.82) is 0 Å². The molecule has 1 N–H and O–H groups in total. The van der Waals surface area contributed by atoms with Crippen LogP contribution < -0.4 is 5.32 Å². The van der Waals surface area contributed by atoms with Crippen LogP contribution in [0.1, 0.15) is 49.2 Å². The number of nitrogens with zero attached hydrogens (tertiary/aromatic N) is 3. The second kappa shape index (κ2) is 6.83. The van der Waals surface area contributed by atoms with Crippen molar-refractivity contribution < 1.29 is 9.15 Å². The molecule has 3 aliphatic rings. The van der Waals surface area contributed by atoms with Crippen molar-refractivity contribution in [3.05, 3.63) is 40.7 Å². The van der Waals surface area contributed by atoms with Gasteiger partial charge in [-0.2, -0.15) is 0 Å². The summed E-state index contributed by atoms with van der Waals surface area (Å²) in [4.78, 5) is 2.50. The van der Waals surface area contributed by atoms with E-state index < -0.39 is 0 Å². The highest BCUT2D eigenvalue weighted by Gasteiger charge is 2.38. The van der Waals surface area contributed by atoms with Crippen LogP contribution in [0, 0.1) is 0 Å². The molecule has 138 valence electrons. The number of benzene rings is 1. The first kappa shape index (κ1) is 16.5. The topological polar surface area (TPSA) is 63.4 Å². The van der Waals surface area contributed by atoms with Gasteiger partial charge in [-0.3, -0.25) is 4.90 Å². The molecular weight excluding hydrogens is 352 g/mol. The lowest BCUT2D eigenvalue weighted by Gasteiger charge is -2.35. The summed E-state index contributed by atoms with van der Waals surface area (Å²) in [6, 6.07) is 9.30. The summed E-state index contributed by atoms with van der Waals surface area (Å²) in [7, 11) is 0. The second-order valence-corrected chi connectivity index (χ2v) is 8.07. The van der Waals surface area contributed by atoms with Crippen LogP contribution in [0.15, 0.2) is 28.7 Å². The van der Waals surface area contributed by atoms with Gasteiger partial charge in [0, 0.05) is 36.1 Å². The lowest BCUT2D eigenvalue weighted by atomic mass is 9.85. The Morgan fingerprint density at radius 2 is 1.96 bits per heavy atom. The van der Waals surface area contributed by atoms with Crippen molar-refractivity contribution in [3.63, 3.8) is 0 Å². The van der Waals surface area contributed by atoms with Gasteiger partial charge in [-0.25, -0.2) is 0 Å². The number of hydrogen-bond donors (Lipinski definition) is 1. The highest BCUT2D eigenvalue weighted by Crippen LogP contribution is 2.36. The molecule has 0 bridgehead atoms. The summed E-state index contributed by atoms with van der Waals surface area (Å²) >= 11 is 5.99. The van der Waals surface area contributed by atoms with E-state index in [9.17, 15) is 0 Å². The molecule has 0 spiro atoms. The van der Waals surface area contributed by atoms with Crippen LogP contribution in [-0.2, 0) is 4.74 Å². The van der Waals surface area contributed by atoms with Crippen molar-refractivity contribution in [2.24, 2.45) is 0 Å². The fourth-order valence-corrected chi connectivity index (χ4v) is 4.27. The van der Waals surface area contributed by atoms with Crippen molar-refractivity contribution in [1.82, 2.24) is 15.1 Å². The van der Waals surface area contributed by atoms with Crippen LogP contribution in [0.4, 0.5) is 6.01 Å². The van der Waals surface area contributed by atoms with E-state index >= 15 is 0 Å². The van der Waals surface area contributed by atoms with Gasteiger partial charge in [0.15, 0.2) is 0 Å². The molecular formula is C19H23ClN4O2. The minimum absolute atomic E-state index is 0.107.